The van der Waals surface area contributed by atoms with Crippen molar-refractivity contribution in [2.24, 2.45) is 5.92 Å². The first kappa shape index (κ1) is 18.7. The standard InChI is InChI=1S/C21H30N2O3/c1-14-12-18(15(2)16(3)20(14)26-4)13-19(24)22-8-5-9-23(11-10-22)21(25)17-6-7-17/h12,17H,5-11,13H2,1-4H3. The Balaban J connectivity index is 1.65. The maximum Gasteiger partial charge on any atom is 0.227 e. The van der Waals surface area contributed by atoms with E-state index in [4.69, 9.17) is 4.74 Å². The quantitative estimate of drug-likeness (QED) is 0.831. The summed E-state index contributed by atoms with van der Waals surface area (Å²) in [6.45, 7) is 8.94. The molecular weight excluding hydrogens is 328 g/mol. The molecule has 5 heteroatoms. The summed E-state index contributed by atoms with van der Waals surface area (Å²) in [4.78, 5) is 29.0. The monoisotopic (exact) mass is 358 g/mol. The molecule has 2 fully saturated rings. The number of nitrogens with zero attached hydrogens (tertiary/aromatic N) is 2. The number of rotatable bonds is 4. The van der Waals surface area contributed by atoms with Gasteiger partial charge in [0.15, 0.2) is 0 Å². The molecule has 0 bridgehead atoms. The van der Waals surface area contributed by atoms with Crippen molar-refractivity contribution in [3.05, 3.63) is 28.3 Å². The lowest BCUT2D eigenvalue weighted by Crippen LogP contribution is -2.38. The van der Waals surface area contributed by atoms with Gasteiger partial charge in [-0.05, 0) is 62.3 Å². The molecule has 1 aromatic rings. The number of carbonyl (C=O) groups is 2. The van der Waals surface area contributed by atoms with Crippen LogP contribution in [-0.4, -0.2) is 54.9 Å². The average Bonchev–Trinajstić information content (AvgIpc) is 3.45. The van der Waals surface area contributed by atoms with Crippen molar-refractivity contribution >= 4 is 11.8 Å². The van der Waals surface area contributed by atoms with E-state index in [1.165, 1.54) is 0 Å². The summed E-state index contributed by atoms with van der Waals surface area (Å²) >= 11 is 0. The van der Waals surface area contributed by atoms with Crippen LogP contribution in [-0.2, 0) is 16.0 Å². The van der Waals surface area contributed by atoms with Crippen LogP contribution >= 0.6 is 0 Å². The van der Waals surface area contributed by atoms with E-state index >= 15 is 0 Å². The molecule has 1 saturated heterocycles. The van der Waals surface area contributed by atoms with Gasteiger partial charge in [-0.2, -0.15) is 0 Å². The molecular formula is C21H30N2O3. The molecule has 0 atom stereocenters. The van der Waals surface area contributed by atoms with Gasteiger partial charge in [-0.1, -0.05) is 6.07 Å². The number of ether oxygens (including phenoxy) is 1. The molecule has 5 nitrogen and oxygen atoms in total. The van der Waals surface area contributed by atoms with Crippen LogP contribution in [0.15, 0.2) is 6.07 Å². The van der Waals surface area contributed by atoms with Crippen LogP contribution in [0, 0.1) is 26.7 Å². The normalized spacial score (nSPS) is 17.8. The zero-order valence-electron chi connectivity index (χ0n) is 16.4. The Labute approximate surface area is 156 Å². The molecule has 3 rings (SSSR count). The van der Waals surface area contributed by atoms with E-state index in [-0.39, 0.29) is 17.7 Å². The van der Waals surface area contributed by atoms with E-state index in [1.807, 2.05) is 23.6 Å². The summed E-state index contributed by atoms with van der Waals surface area (Å²) < 4.78 is 5.48. The predicted molar refractivity (Wildman–Crippen MR) is 101 cm³/mol. The molecule has 0 radical (unpaired) electrons. The van der Waals surface area contributed by atoms with Crippen molar-refractivity contribution in [2.75, 3.05) is 33.3 Å². The Hall–Kier alpha value is -2.04. The molecule has 0 spiro atoms. The minimum Gasteiger partial charge on any atom is -0.496 e. The van der Waals surface area contributed by atoms with Gasteiger partial charge in [0, 0.05) is 32.1 Å². The Morgan fingerprint density at radius 3 is 2.35 bits per heavy atom. The minimum atomic E-state index is 0.151. The zero-order chi connectivity index (χ0) is 18.8. The average molecular weight is 358 g/mol. The molecule has 0 aromatic heterocycles. The molecule has 2 amide bonds. The van der Waals surface area contributed by atoms with Gasteiger partial charge >= 0.3 is 0 Å². The zero-order valence-corrected chi connectivity index (χ0v) is 16.4. The predicted octanol–water partition coefficient (Wildman–Crippen LogP) is 2.63. The van der Waals surface area contributed by atoms with Crippen LogP contribution in [0.1, 0.15) is 41.5 Å². The fourth-order valence-corrected chi connectivity index (χ4v) is 3.89. The molecule has 26 heavy (non-hydrogen) atoms. The van der Waals surface area contributed by atoms with Crippen molar-refractivity contribution in [3.8, 4) is 5.75 Å². The van der Waals surface area contributed by atoms with E-state index in [1.54, 1.807) is 7.11 Å². The van der Waals surface area contributed by atoms with Crippen molar-refractivity contribution in [1.82, 2.24) is 9.80 Å². The van der Waals surface area contributed by atoms with Crippen molar-refractivity contribution in [1.29, 1.82) is 0 Å². The Morgan fingerprint density at radius 1 is 1.04 bits per heavy atom. The van der Waals surface area contributed by atoms with Gasteiger partial charge in [-0.15, -0.1) is 0 Å². The van der Waals surface area contributed by atoms with E-state index in [0.29, 0.717) is 19.5 Å². The first-order valence-electron chi connectivity index (χ1n) is 9.62. The first-order valence-corrected chi connectivity index (χ1v) is 9.62. The molecule has 1 aliphatic carbocycles. The second-order valence-corrected chi connectivity index (χ2v) is 7.65. The van der Waals surface area contributed by atoms with Crippen LogP contribution < -0.4 is 4.74 Å². The van der Waals surface area contributed by atoms with Crippen LogP contribution in [0.4, 0.5) is 0 Å². The summed E-state index contributed by atoms with van der Waals surface area (Å²) in [5.74, 6) is 1.60. The molecule has 1 aliphatic heterocycles. The Bertz CT molecular complexity index is 710. The van der Waals surface area contributed by atoms with E-state index < -0.39 is 0 Å². The van der Waals surface area contributed by atoms with Crippen LogP contribution in [0.25, 0.3) is 0 Å². The highest BCUT2D eigenvalue weighted by Crippen LogP contribution is 2.31. The topological polar surface area (TPSA) is 49.9 Å². The van der Waals surface area contributed by atoms with Gasteiger partial charge in [0.25, 0.3) is 0 Å². The molecule has 142 valence electrons. The van der Waals surface area contributed by atoms with Crippen molar-refractivity contribution in [2.45, 2.75) is 46.5 Å². The van der Waals surface area contributed by atoms with Crippen LogP contribution in [0.3, 0.4) is 0 Å². The smallest absolute Gasteiger partial charge is 0.227 e. The van der Waals surface area contributed by atoms with Crippen LogP contribution in [0.2, 0.25) is 0 Å². The minimum absolute atomic E-state index is 0.151. The number of methoxy groups -OCH3 is 1. The molecule has 2 aliphatic rings. The number of hydrogen-bond donors (Lipinski definition) is 0. The number of amides is 2. The lowest BCUT2D eigenvalue weighted by molar-refractivity contribution is -0.134. The largest absolute Gasteiger partial charge is 0.496 e. The molecule has 0 unspecified atom stereocenters. The number of hydrogen-bond acceptors (Lipinski definition) is 3. The number of carbonyl (C=O) groups excluding carboxylic acids is 2. The van der Waals surface area contributed by atoms with Crippen LogP contribution in [0.5, 0.6) is 5.75 Å². The highest BCUT2D eigenvalue weighted by atomic mass is 16.5. The highest BCUT2D eigenvalue weighted by molar-refractivity contribution is 5.82. The summed E-state index contributed by atoms with van der Waals surface area (Å²) in [5, 5.41) is 0. The van der Waals surface area contributed by atoms with Gasteiger partial charge in [0.2, 0.25) is 11.8 Å². The lowest BCUT2D eigenvalue weighted by atomic mass is 9.96. The fourth-order valence-electron chi connectivity index (χ4n) is 3.89. The van der Waals surface area contributed by atoms with Crippen molar-refractivity contribution in [3.63, 3.8) is 0 Å². The van der Waals surface area contributed by atoms with Gasteiger partial charge in [-0.25, -0.2) is 0 Å². The second kappa shape index (κ2) is 7.68. The molecule has 0 N–H and O–H groups in total. The highest BCUT2D eigenvalue weighted by Gasteiger charge is 2.34. The van der Waals surface area contributed by atoms with Gasteiger partial charge < -0.3 is 14.5 Å². The summed E-state index contributed by atoms with van der Waals surface area (Å²) in [6, 6.07) is 2.07. The third kappa shape index (κ3) is 3.87. The fraction of sp³-hybridized carbons (Fsp3) is 0.619. The van der Waals surface area contributed by atoms with Gasteiger partial charge in [-0.3, -0.25) is 9.59 Å². The number of benzene rings is 1. The summed E-state index contributed by atoms with van der Waals surface area (Å²) in [6.07, 6.45) is 3.35. The second-order valence-electron chi connectivity index (χ2n) is 7.65. The van der Waals surface area contributed by atoms with E-state index in [9.17, 15) is 9.59 Å². The third-order valence-electron chi connectivity index (χ3n) is 5.77. The maximum atomic E-state index is 12.9. The Kier molecular flexibility index (Phi) is 5.54. The molecule has 1 heterocycles. The molecule has 1 aromatic carbocycles. The number of aryl methyl sites for hydroxylation is 1. The lowest BCUT2D eigenvalue weighted by Gasteiger charge is -2.23. The molecule has 1 saturated carbocycles. The SMILES string of the molecule is COc1c(C)cc(CC(=O)N2CCCN(C(=O)C3CC3)CC2)c(C)c1C. The third-order valence-corrected chi connectivity index (χ3v) is 5.77. The Morgan fingerprint density at radius 2 is 1.69 bits per heavy atom. The van der Waals surface area contributed by atoms with Crippen molar-refractivity contribution < 1.29 is 14.3 Å². The van der Waals surface area contributed by atoms with E-state index in [2.05, 4.69) is 13.0 Å². The summed E-state index contributed by atoms with van der Waals surface area (Å²) in [5.41, 5.74) is 4.37. The van der Waals surface area contributed by atoms with E-state index in [0.717, 1.165) is 60.4 Å². The summed E-state index contributed by atoms with van der Waals surface area (Å²) in [7, 11) is 1.69. The first-order chi connectivity index (χ1) is 12.4. The van der Waals surface area contributed by atoms with Gasteiger partial charge in [0.1, 0.15) is 5.75 Å². The van der Waals surface area contributed by atoms with Gasteiger partial charge in [0.05, 0.1) is 13.5 Å². The maximum absolute atomic E-state index is 12.9.